The minimum Gasteiger partial charge on any atom is -0.354 e. The van der Waals surface area contributed by atoms with Crippen molar-refractivity contribution in [3.8, 4) is 0 Å². The maximum absolute atomic E-state index is 12.3. The largest absolute Gasteiger partial charge is 0.354 e. The van der Waals surface area contributed by atoms with Crippen LogP contribution in [0.25, 0.3) is 0 Å². The normalized spacial score (nSPS) is 14.0. The van der Waals surface area contributed by atoms with Gasteiger partial charge in [-0.2, -0.15) is 0 Å². The zero-order valence-corrected chi connectivity index (χ0v) is 11.6. The summed E-state index contributed by atoms with van der Waals surface area (Å²) in [5, 5.41) is 5.86. The Morgan fingerprint density at radius 1 is 1.50 bits per heavy atom. The first-order chi connectivity index (χ1) is 9.60. The van der Waals surface area contributed by atoms with E-state index in [1.54, 1.807) is 0 Å². The van der Waals surface area contributed by atoms with Crippen molar-refractivity contribution in [1.82, 2.24) is 10.5 Å². The molecule has 1 amide bonds. The summed E-state index contributed by atoms with van der Waals surface area (Å²) in [6.07, 6.45) is 1.94. The average Bonchev–Trinajstić information content (AvgIpc) is 2.89. The SMILES string of the molecule is CNC(=O)c1noc2c1C(=O)C(SCCCN)=CC2=O. The van der Waals surface area contributed by atoms with Crippen LogP contribution >= 0.6 is 11.8 Å². The number of nitrogens with one attached hydrogen (secondary N) is 1. The van der Waals surface area contributed by atoms with Gasteiger partial charge in [-0.15, -0.1) is 11.8 Å². The third kappa shape index (κ3) is 2.52. The number of hydrogen-bond acceptors (Lipinski definition) is 7. The van der Waals surface area contributed by atoms with E-state index in [1.807, 2.05) is 0 Å². The molecule has 20 heavy (non-hydrogen) atoms. The highest BCUT2D eigenvalue weighted by molar-refractivity contribution is 8.04. The second-order valence-corrected chi connectivity index (χ2v) is 5.14. The van der Waals surface area contributed by atoms with Crippen LogP contribution in [-0.2, 0) is 0 Å². The van der Waals surface area contributed by atoms with Gasteiger partial charge in [-0.1, -0.05) is 5.16 Å². The number of thioether (sulfide) groups is 1. The van der Waals surface area contributed by atoms with Gasteiger partial charge in [0.2, 0.25) is 17.3 Å². The van der Waals surface area contributed by atoms with E-state index in [4.69, 9.17) is 10.3 Å². The topological polar surface area (TPSA) is 115 Å². The molecule has 7 nitrogen and oxygen atoms in total. The lowest BCUT2D eigenvalue weighted by molar-refractivity contribution is 0.0944. The minimum atomic E-state index is -0.565. The molecule has 1 heterocycles. The average molecular weight is 295 g/mol. The Morgan fingerprint density at radius 2 is 2.25 bits per heavy atom. The molecule has 0 aromatic carbocycles. The molecule has 8 heteroatoms. The molecule has 0 bridgehead atoms. The van der Waals surface area contributed by atoms with E-state index < -0.39 is 17.5 Å². The maximum Gasteiger partial charge on any atom is 0.274 e. The van der Waals surface area contributed by atoms with Gasteiger partial charge in [0.1, 0.15) is 5.56 Å². The molecule has 0 fully saturated rings. The Labute approximate surface area is 118 Å². The summed E-state index contributed by atoms with van der Waals surface area (Å²) in [4.78, 5) is 36.1. The van der Waals surface area contributed by atoms with Crippen LogP contribution in [0.2, 0.25) is 0 Å². The smallest absolute Gasteiger partial charge is 0.274 e. The summed E-state index contributed by atoms with van der Waals surface area (Å²) >= 11 is 1.24. The molecule has 1 aliphatic carbocycles. The Hall–Kier alpha value is -1.93. The van der Waals surface area contributed by atoms with Crippen molar-refractivity contribution in [2.24, 2.45) is 5.73 Å². The van der Waals surface area contributed by atoms with Gasteiger partial charge in [0.25, 0.3) is 5.91 Å². The van der Waals surface area contributed by atoms with Gasteiger partial charge >= 0.3 is 0 Å². The first-order valence-corrected chi connectivity index (χ1v) is 6.94. The molecule has 3 N–H and O–H groups in total. The highest BCUT2D eigenvalue weighted by atomic mass is 32.2. The summed E-state index contributed by atoms with van der Waals surface area (Å²) in [5.74, 6) is -1.00. The molecule has 0 aliphatic heterocycles. The zero-order chi connectivity index (χ0) is 14.7. The quantitative estimate of drug-likeness (QED) is 0.754. The minimum absolute atomic E-state index is 0.0629. The van der Waals surface area contributed by atoms with Crippen LogP contribution in [0.1, 0.15) is 37.8 Å². The fourth-order valence-electron chi connectivity index (χ4n) is 1.69. The molecule has 0 atom stereocenters. The molecular weight excluding hydrogens is 282 g/mol. The predicted molar refractivity (Wildman–Crippen MR) is 72.8 cm³/mol. The van der Waals surface area contributed by atoms with E-state index in [2.05, 4.69) is 10.5 Å². The number of fused-ring (bicyclic) bond motifs is 1. The number of carbonyl (C=O) groups is 3. The third-order valence-corrected chi connectivity index (χ3v) is 3.78. The summed E-state index contributed by atoms with van der Waals surface area (Å²) in [6, 6.07) is 0. The summed E-state index contributed by atoms with van der Waals surface area (Å²) < 4.78 is 4.81. The molecule has 0 saturated carbocycles. The number of allylic oxidation sites excluding steroid dienone is 2. The molecule has 1 aliphatic rings. The lowest BCUT2D eigenvalue weighted by Crippen LogP contribution is -2.23. The van der Waals surface area contributed by atoms with Crippen molar-refractivity contribution in [1.29, 1.82) is 0 Å². The van der Waals surface area contributed by atoms with Crippen LogP contribution in [0.5, 0.6) is 0 Å². The van der Waals surface area contributed by atoms with Gasteiger partial charge in [0.15, 0.2) is 5.69 Å². The van der Waals surface area contributed by atoms with Gasteiger partial charge in [-0.25, -0.2) is 0 Å². The van der Waals surface area contributed by atoms with Crippen molar-refractivity contribution in [2.45, 2.75) is 6.42 Å². The molecule has 106 valence electrons. The molecule has 1 aromatic rings. The Morgan fingerprint density at radius 3 is 2.90 bits per heavy atom. The number of amides is 1. The second kappa shape index (κ2) is 6.02. The van der Waals surface area contributed by atoms with E-state index >= 15 is 0 Å². The molecule has 0 saturated heterocycles. The van der Waals surface area contributed by atoms with E-state index in [1.165, 1.54) is 24.9 Å². The third-order valence-electron chi connectivity index (χ3n) is 2.68. The molecule has 0 spiro atoms. The number of nitrogens with two attached hydrogens (primary N) is 1. The van der Waals surface area contributed by atoms with Crippen LogP contribution in [-0.4, -0.2) is 42.0 Å². The predicted octanol–water partition coefficient (Wildman–Crippen LogP) is 0.379. The Kier molecular flexibility index (Phi) is 4.35. The number of carbonyl (C=O) groups excluding carboxylic acids is 3. The van der Waals surface area contributed by atoms with E-state index in [0.717, 1.165) is 6.42 Å². The summed E-state index contributed by atoms with van der Waals surface area (Å²) in [7, 11) is 1.41. The van der Waals surface area contributed by atoms with Gasteiger partial charge in [-0.3, -0.25) is 14.4 Å². The fraction of sp³-hybridized carbons (Fsp3) is 0.333. The van der Waals surface area contributed by atoms with Gasteiger partial charge in [0.05, 0.1) is 4.91 Å². The second-order valence-electron chi connectivity index (χ2n) is 4.01. The lowest BCUT2D eigenvalue weighted by atomic mass is 10.00. The molecule has 2 rings (SSSR count). The van der Waals surface area contributed by atoms with Crippen LogP contribution in [0.3, 0.4) is 0 Å². The Bertz CT molecular complexity index is 606. The summed E-state index contributed by atoms with van der Waals surface area (Å²) in [5.41, 5.74) is 5.16. The number of ketones is 2. The highest BCUT2D eigenvalue weighted by Gasteiger charge is 2.35. The number of hydrogen-bond donors (Lipinski definition) is 2. The number of Topliss-reactive ketones (excluding diaryl/α,β-unsaturated/α-hetero) is 1. The summed E-state index contributed by atoms with van der Waals surface area (Å²) in [6.45, 7) is 0.504. The lowest BCUT2D eigenvalue weighted by Gasteiger charge is -2.10. The maximum atomic E-state index is 12.3. The van der Waals surface area contributed by atoms with Crippen molar-refractivity contribution >= 4 is 29.2 Å². The monoisotopic (exact) mass is 295 g/mol. The first-order valence-electron chi connectivity index (χ1n) is 5.95. The molecule has 0 unspecified atom stereocenters. The molecular formula is C12H13N3O4S. The number of rotatable bonds is 5. The van der Waals surface area contributed by atoms with Crippen LogP contribution in [0, 0.1) is 0 Å². The standard InChI is InChI=1S/C12H13N3O4S/c1-14-12(18)9-8-10(17)7(20-4-2-3-13)5-6(16)11(8)19-15-9/h5H,2-4,13H2,1H3,(H,14,18). The highest BCUT2D eigenvalue weighted by Crippen LogP contribution is 2.30. The van der Waals surface area contributed by atoms with Gasteiger partial charge < -0.3 is 15.6 Å². The molecule has 1 aromatic heterocycles. The van der Waals surface area contributed by atoms with E-state index in [0.29, 0.717) is 12.3 Å². The number of aromatic nitrogens is 1. The first kappa shape index (κ1) is 14.5. The van der Waals surface area contributed by atoms with Gasteiger partial charge in [0, 0.05) is 13.1 Å². The Balaban J connectivity index is 2.33. The van der Waals surface area contributed by atoms with Gasteiger partial charge in [-0.05, 0) is 18.7 Å². The van der Waals surface area contributed by atoms with Crippen LogP contribution in [0.15, 0.2) is 15.5 Å². The molecule has 0 radical (unpaired) electrons. The van der Waals surface area contributed by atoms with Crippen LogP contribution in [0.4, 0.5) is 0 Å². The van der Waals surface area contributed by atoms with E-state index in [9.17, 15) is 14.4 Å². The van der Waals surface area contributed by atoms with Crippen molar-refractivity contribution < 1.29 is 18.9 Å². The number of nitrogens with zero attached hydrogens (tertiary/aromatic N) is 1. The van der Waals surface area contributed by atoms with E-state index in [-0.39, 0.29) is 21.9 Å². The van der Waals surface area contributed by atoms with Crippen molar-refractivity contribution in [2.75, 3.05) is 19.3 Å². The van der Waals surface area contributed by atoms with Crippen molar-refractivity contribution in [3.05, 3.63) is 28.0 Å². The zero-order valence-electron chi connectivity index (χ0n) is 10.8. The van der Waals surface area contributed by atoms with Crippen molar-refractivity contribution in [3.63, 3.8) is 0 Å². The van der Waals surface area contributed by atoms with Crippen LogP contribution < -0.4 is 11.1 Å². The fourth-order valence-corrected chi connectivity index (χ4v) is 2.64.